The second-order valence-corrected chi connectivity index (χ2v) is 7.15. The minimum absolute atomic E-state index is 0.0280. The van der Waals surface area contributed by atoms with Gasteiger partial charge in [0.25, 0.3) is 0 Å². The molecule has 3 rings (SSSR count). The number of nitrogens with one attached hydrogen (secondary N) is 1. The zero-order valence-corrected chi connectivity index (χ0v) is 14.9. The second kappa shape index (κ2) is 7.34. The maximum Gasteiger partial charge on any atom is 0.222 e. The SMILES string of the molecule is CC(C)C(=O)NCC1CCCN(c2ncnc3cc(Cl)ccc23)C1. The molecule has 24 heavy (non-hydrogen) atoms. The van der Waals surface area contributed by atoms with E-state index in [4.69, 9.17) is 11.6 Å². The Morgan fingerprint density at radius 1 is 1.42 bits per heavy atom. The Kier molecular flexibility index (Phi) is 5.19. The Balaban J connectivity index is 1.74. The zero-order chi connectivity index (χ0) is 17.1. The van der Waals surface area contributed by atoms with E-state index >= 15 is 0 Å². The van der Waals surface area contributed by atoms with Crippen LogP contribution in [0.5, 0.6) is 0 Å². The number of anilines is 1. The van der Waals surface area contributed by atoms with Crippen LogP contribution in [0.4, 0.5) is 5.82 Å². The molecule has 1 aliphatic heterocycles. The van der Waals surface area contributed by atoms with E-state index in [1.165, 1.54) is 0 Å². The van der Waals surface area contributed by atoms with Crippen molar-refractivity contribution < 1.29 is 4.79 Å². The Bertz CT molecular complexity index is 734. The lowest BCUT2D eigenvalue weighted by atomic mass is 9.97. The number of rotatable bonds is 4. The first-order valence-electron chi connectivity index (χ1n) is 8.47. The summed E-state index contributed by atoms with van der Waals surface area (Å²) in [6, 6.07) is 5.73. The first-order valence-corrected chi connectivity index (χ1v) is 8.85. The number of aromatic nitrogens is 2. The highest BCUT2D eigenvalue weighted by atomic mass is 35.5. The van der Waals surface area contributed by atoms with Gasteiger partial charge in [0.1, 0.15) is 12.1 Å². The van der Waals surface area contributed by atoms with Gasteiger partial charge in [-0.15, -0.1) is 0 Å². The van der Waals surface area contributed by atoms with Crippen molar-refractivity contribution in [1.82, 2.24) is 15.3 Å². The molecular weight excluding hydrogens is 324 g/mol. The van der Waals surface area contributed by atoms with Crippen LogP contribution in [0.3, 0.4) is 0 Å². The van der Waals surface area contributed by atoms with E-state index in [0.717, 1.165) is 49.2 Å². The summed E-state index contributed by atoms with van der Waals surface area (Å²) in [6.45, 7) is 6.43. The summed E-state index contributed by atoms with van der Waals surface area (Å²) in [5, 5.41) is 4.76. The van der Waals surface area contributed by atoms with Crippen LogP contribution >= 0.6 is 11.6 Å². The average molecular weight is 347 g/mol. The van der Waals surface area contributed by atoms with Crippen molar-refractivity contribution in [3.63, 3.8) is 0 Å². The number of fused-ring (bicyclic) bond motifs is 1. The fraction of sp³-hybridized carbons (Fsp3) is 0.500. The van der Waals surface area contributed by atoms with Gasteiger partial charge in [-0.2, -0.15) is 0 Å². The van der Waals surface area contributed by atoms with Gasteiger partial charge < -0.3 is 10.2 Å². The van der Waals surface area contributed by atoms with Crippen LogP contribution in [0.1, 0.15) is 26.7 Å². The van der Waals surface area contributed by atoms with E-state index in [1.807, 2.05) is 32.0 Å². The number of carbonyl (C=O) groups is 1. The highest BCUT2D eigenvalue weighted by Gasteiger charge is 2.23. The first-order chi connectivity index (χ1) is 11.5. The predicted octanol–water partition coefficient (Wildman–Crippen LogP) is 3.27. The molecule has 0 radical (unpaired) electrons. The third-order valence-corrected chi connectivity index (χ3v) is 4.72. The Morgan fingerprint density at radius 2 is 2.25 bits per heavy atom. The molecule has 1 saturated heterocycles. The molecule has 0 saturated carbocycles. The molecule has 5 nitrogen and oxygen atoms in total. The number of nitrogens with zero attached hydrogens (tertiary/aromatic N) is 3. The van der Waals surface area contributed by atoms with E-state index in [1.54, 1.807) is 6.33 Å². The smallest absolute Gasteiger partial charge is 0.222 e. The van der Waals surface area contributed by atoms with Crippen molar-refractivity contribution >= 4 is 34.2 Å². The molecule has 1 aliphatic rings. The summed E-state index contributed by atoms with van der Waals surface area (Å²) >= 11 is 6.06. The molecule has 1 N–H and O–H groups in total. The molecule has 0 spiro atoms. The third-order valence-electron chi connectivity index (χ3n) is 4.49. The van der Waals surface area contributed by atoms with E-state index in [9.17, 15) is 4.79 Å². The lowest BCUT2D eigenvalue weighted by Gasteiger charge is -2.34. The van der Waals surface area contributed by atoms with Crippen molar-refractivity contribution in [3.05, 3.63) is 29.5 Å². The molecule has 0 bridgehead atoms. The number of halogens is 1. The van der Waals surface area contributed by atoms with Crippen molar-refractivity contribution in [2.75, 3.05) is 24.5 Å². The van der Waals surface area contributed by atoms with Crippen LogP contribution in [0, 0.1) is 11.8 Å². The standard InChI is InChI=1S/C18H23ClN4O/c1-12(2)18(24)20-9-13-4-3-7-23(10-13)17-15-6-5-14(19)8-16(15)21-11-22-17/h5-6,8,11-13H,3-4,7,9-10H2,1-2H3,(H,20,24). The summed E-state index contributed by atoms with van der Waals surface area (Å²) in [5.41, 5.74) is 0.864. The van der Waals surface area contributed by atoms with Gasteiger partial charge in [0.15, 0.2) is 0 Å². The summed E-state index contributed by atoms with van der Waals surface area (Å²) in [7, 11) is 0. The Hall–Kier alpha value is -1.88. The molecule has 1 amide bonds. The Morgan fingerprint density at radius 3 is 3.04 bits per heavy atom. The molecule has 2 aromatic rings. The highest BCUT2D eigenvalue weighted by molar-refractivity contribution is 6.31. The molecule has 1 atom stereocenters. The molecule has 6 heteroatoms. The third kappa shape index (κ3) is 3.78. The van der Waals surface area contributed by atoms with Crippen LogP contribution in [-0.2, 0) is 4.79 Å². The minimum atomic E-state index is 0.0280. The fourth-order valence-electron chi connectivity index (χ4n) is 3.14. The lowest BCUT2D eigenvalue weighted by molar-refractivity contribution is -0.124. The van der Waals surface area contributed by atoms with Crippen LogP contribution in [0.15, 0.2) is 24.5 Å². The average Bonchev–Trinajstić information content (AvgIpc) is 2.59. The number of amides is 1. The molecule has 2 heterocycles. The Labute approximate surface area is 147 Å². The van der Waals surface area contributed by atoms with Crippen molar-refractivity contribution in [2.45, 2.75) is 26.7 Å². The topological polar surface area (TPSA) is 58.1 Å². The van der Waals surface area contributed by atoms with Gasteiger partial charge in [0.05, 0.1) is 5.52 Å². The number of carbonyl (C=O) groups excluding carboxylic acids is 1. The lowest BCUT2D eigenvalue weighted by Crippen LogP contribution is -2.42. The maximum absolute atomic E-state index is 11.8. The monoisotopic (exact) mass is 346 g/mol. The molecular formula is C18H23ClN4O. The zero-order valence-electron chi connectivity index (χ0n) is 14.1. The molecule has 1 unspecified atom stereocenters. The molecule has 128 valence electrons. The molecule has 1 aromatic carbocycles. The summed E-state index contributed by atoms with van der Waals surface area (Å²) in [6.07, 6.45) is 3.82. The van der Waals surface area contributed by atoms with Crippen molar-refractivity contribution in [2.24, 2.45) is 11.8 Å². The van der Waals surface area contributed by atoms with Gasteiger partial charge in [0, 0.05) is 36.0 Å². The van der Waals surface area contributed by atoms with Gasteiger partial charge >= 0.3 is 0 Å². The normalized spacial score (nSPS) is 18.2. The number of piperidine rings is 1. The van der Waals surface area contributed by atoms with Crippen molar-refractivity contribution in [3.8, 4) is 0 Å². The first kappa shape index (κ1) is 17.0. The van der Waals surface area contributed by atoms with Crippen LogP contribution in [0.2, 0.25) is 5.02 Å². The van der Waals surface area contributed by atoms with Gasteiger partial charge in [-0.1, -0.05) is 25.4 Å². The van der Waals surface area contributed by atoms with E-state index in [0.29, 0.717) is 10.9 Å². The van der Waals surface area contributed by atoms with Gasteiger partial charge in [-0.25, -0.2) is 9.97 Å². The summed E-state index contributed by atoms with van der Waals surface area (Å²) < 4.78 is 0. The van der Waals surface area contributed by atoms with Crippen molar-refractivity contribution in [1.29, 1.82) is 0 Å². The predicted molar refractivity (Wildman–Crippen MR) is 97.3 cm³/mol. The minimum Gasteiger partial charge on any atom is -0.356 e. The van der Waals surface area contributed by atoms with Crippen LogP contribution < -0.4 is 10.2 Å². The largest absolute Gasteiger partial charge is 0.356 e. The van der Waals surface area contributed by atoms with Gasteiger partial charge in [-0.3, -0.25) is 4.79 Å². The van der Waals surface area contributed by atoms with Gasteiger partial charge in [0.2, 0.25) is 5.91 Å². The number of hydrogen-bond donors (Lipinski definition) is 1. The molecule has 1 fully saturated rings. The van der Waals surface area contributed by atoms with E-state index in [-0.39, 0.29) is 11.8 Å². The maximum atomic E-state index is 11.8. The fourth-order valence-corrected chi connectivity index (χ4v) is 3.31. The van der Waals surface area contributed by atoms with E-state index in [2.05, 4.69) is 20.2 Å². The highest BCUT2D eigenvalue weighted by Crippen LogP contribution is 2.28. The quantitative estimate of drug-likeness (QED) is 0.923. The molecule has 1 aromatic heterocycles. The molecule has 0 aliphatic carbocycles. The number of hydrogen-bond acceptors (Lipinski definition) is 4. The van der Waals surface area contributed by atoms with E-state index < -0.39 is 0 Å². The second-order valence-electron chi connectivity index (χ2n) is 6.71. The number of benzene rings is 1. The van der Waals surface area contributed by atoms with Crippen LogP contribution in [-0.4, -0.2) is 35.5 Å². The summed E-state index contributed by atoms with van der Waals surface area (Å²) in [5.74, 6) is 1.55. The van der Waals surface area contributed by atoms with Crippen LogP contribution in [0.25, 0.3) is 10.9 Å². The van der Waals surface area contributed by atoms with Gasteiger partial charge in [-0.05, 0) is 37.0 Å². The summed E-state index contributed by atoms with van der Waals surface area (Å²) in [4.78, 5) is 22.9.